The summed E-state index contributed by atoms with van der Waals surface area (Å²) < 4.78 is 7.80. The van der Waals surface area contributed by atoms with Crippen molar-refractivity contribution in [3.8, 4) is 11.4 Å². The van der Waals surface area contributed by atoms with E-state index in [9.17, 15) is 9.59 Å². The van der Waals surface area contributed by atoms with Gasteiger partial charge in [-0.25, -0.2) is 0 Å². The summed E-state index contributed by atoms with van der Waals surface area (Å²) in [6.45, 7) is 0. The predicted molar refractivity (Wildman–Crippen MR) is 161 cm³/mol. The maximum Gasteiger partial charge on any atom is 0.321 e. The van der Waals surface area contributed by atoms with E-state index in [1.807, 2.05) is 84.9 Å². The molecule has 180 valence electrons. The molecule has 0 aliphatic rings. The lowest BCUT2D eigenvalue weighted by atomic mass is 10.1. The van der Waals surface area contributed by atoms with Gasteiger partial charge in [0.1, 0.15) is 0 Å². The van der Waals surface area contributed by atoms with Gasteiger partial charge in [-0.05, 0) is 60.7 Å². The summed E-state index contributed by atoms with van der Waals surface area (Å²) in [6.07, 6.45) is 0. The topological polar surface area (TPSA) is 44.0 Å². The summed E-state index contributed by atoms with van der Waals surface area (Å²) in [5.74, 6) is 0. The Bertz CT molecular complexity index is 2190. The number of nitrogens with zero attached hydrogens (tertiary/aromatic N) is 2. The van der Waals surface area contributed by atoms with Crippen LogP contribution in [-0.4, -0.2) is 9.13 Å². The first kappa shape index (κ1) is 21.6. The van der Waals surface area contributed by atoms with Gasteiger partial charge in [-0.15, -0.1) is 22.7 Å². The predicted octanol–water partition coefficient (Wildman–Crippen LogP) is 7.88. The first-order chi connectivity index (χ1) is 18.7. The van der Waals surface area contributed by atoms with Crippen molar-refractivity contribution in [2.75, 3.05) is 0 Å². The third-order valence-electron chi connectivity index (χ3n) is 7.19. The third-order valence-corrected chi connectivity index (χ3v) is 9.49. The van der Waals surface area contributed by atoms with Gasteiger partial charge in [-0.3, -0.25) is 18.7 Å². The minimum atomic E-state index is -0.571. The number of hydrogen-bond donors (Lipinski definition) is 0. The van der Waals surface area contributed by atoms with Gasteiger partial charge in [0.25, 0.3) is 0 Å². The molecular formula is C32H18N2O2S2. The molecule has 0 saturated heterocycles. The van der Waals surface area contributed by atoms with Crippen molar-refractivity contribution in [1.82, 2.24) is 9.13 Å². The molecule has 0 fully saturated rings. The minimum absolute atomic E-state index is 0.571. The molecule has 0 bridgehead atoms. The molecule has 0 aliphatic heterocycles. The lowest BCUT2D eigenvalue weighted by Gasteiger charge is -2.15. The van der Waals surface area contributed by atoms with Crippen LogP contribution in [0.3, 0.4) is 0 Å². The summed E-state index contributed by atoms with van der Waals surface area (Å²) in [6, 6.07) is 36.1. The molecule has 0 unspecified atom stereocenters. The molecule has 3 aromatic heterocycles. The quantitative estimate of drug-likeness (QED) is 0.215. The largest absolute Gasteiger partial charge is 0.321 e. The highest BCUT2D eigenvalue weighted by atomic mass is 32.1. The molecule has 0 N–H and O–H groups in total. The van der Waals surface area contributed by atoms with Gasteiger partial charge in [0, 0.05) is 40.3 Å². The molecule has 0 spiro atoms. The molecule has 4 nitrogen and oxygen atoms in total. The first-order valence-electron chi connectivity index (χ1n) is 12.3. The normalized spacial score (nSPS) is 11.9. The summed E-state index contributed by atoms with van der Waals surface area (Å²) in [5, 5.41) is 4.46. The molecule has 5 aromatic carbocycles. The Balaban J connectivity index is 1.42. The van der Waals surface area contributed by atoms with E-state index in [2.05, 4.69) is 24.3 Å². The van der Waals surface area contributed by atoms with Crippen molar-refractivity contribution in [2.45, 2.75) is 0 Å². The van der Waals surface area contributed by atoms with Crippen LogP contribution in [0.4, 0.5) is 0 Å². The highest BCUT2D eigenvalue weighted by molar-refractivity contribution is 7.26. The van der Waals surface area contributed by atoms with Gasteiger partial charge >= 0.3 is 11.1 Å². The van der Waals surface area contributed by atoms with Crippen LogP contribution in [0.15, 0.2) is 119 Å². The van der Waals surface area contributed by atoms with Crippen LogP contribution >= 0.6 is 22.7 Å². The molecule has 0 amide bonds. The molecule has 38 heavy (non-hydrogen) atoms. The van der Waals surface area contributed by atoms with Crippen LogP contribution in [0.2, 0.25) is 0 Å². The maximum atomic E-state index is 13.8. The van der Waals surface area contributed by atoms with Crippen LogP contribution in [0.25, 0.3) is 62.8 Å². The number of aromatic nitrogens is 2. The van der Waals surface area contributed by atoms with Crippen LogP contribution < -0.4 is 11.1 Å². The lowest BCUT2D eigenvalue weighted by molar-refractivity contribution is 0.920. The smallest absolute Gasteiger partial charge is 0.271 e. The van der Waals surface area contributed by atoms with E-state index < -0.39 is 11.1 Å². The van der Waals surface area contributed by atoms with E-state index >= 15 is 0 Å². The molecular weight excluding hydrogens is 508 g/mol. The zero-order valence-electron chi connectivity index (χ0n) is 19.9. The Labute approximate surface area is 223 Å². The number of rotatable bonds is 2. The van der Waals surface area contributed by atoms with E-state index in [4.69, 9.17) is 0 Å². The zero-order valence-corrected chi connectivity index (χ0v) is 21.6. The average Bonchev–Trinajstić information content (AvgIpc) is 3.51. The average molecular weight is 527 g/mol. The van der Waals surface area contributed by atoms with Gasteiger partial charge < -0.3 is 0 Å². The third kappa shape index (κ3) is 3.02. The molecule has 0 radical (unpaired) electrons. The van der Waals surface area contributed by atoms with E-state index in [0.717, 1.165) is 30.9 Å². The van der Waals surface area contributed by atoms with E-state index in [-0.39, 0.29) is 0 Å². The Kier molecular flexibility index (Phi) is 4.53. The lowest BCUT2D eigenvalue weighted by Crippen LogP contribution is -2.40. The molecule has 6 heteroatoms. The molecule has 0 saturated carbocycles. The van der Waals surface area contributed by atoms with Crippen molar-refractivity contribution >= 4 is 74.1 Å². The fourth-order valence-corrected chi connectivity index (χ4v) is 7.64. The summed E-state index contributed by atoms with van der Waals surface area (Å²) in [4.78, 5) is 27.6. The number of para-hydroxylation sites is 2. The Hall–Kier alpha value is -4.52. The van der Waals surface area contributed by atoms with Crippen LogP contribution in [0.1, 0.15) is 0 Å². The molecule has 8 aromatic rings. The fraction of sp³-hybridized carbons (Fsp3) is 0. The number of benzene rings is 5. The van der Waals surface area contributed by atoms with E-state index in [1.54, 1.807) is 31.8 Å². The van der Waals surface area contributed by atoms with Crippen LogP contribution in [-0.2, 0) is 0 Å². The van der Waals surface area contributed by atoms with E-state index in [0.29, 0.717) is 22.4 Å². The zero-order chi connectivity index (χ0) is 25.4. The minimum Gasteiger partial charge on any atom is -0.271 e. The highest BCUT2D eigenvalue weighted by Crippen LogP contribution is 2.36. The second-order valence-corrected chi connectivity index (χ2v) is 11.5. The maximum absolute atomic E-state index is 13.8. The van der Waals surface area contributed by atoms with Crippen LogP contribution in [0, 0.1) is 0 Å². The first-order valence-corrected chi connectivity index (χ1v) is 13.9. The Morgan fingerprint density at radius 3 is 1.29 bits per heavy atom. The molecule has 3 heterocycles. The second-order valence-electron chi connectivity index (χ2n) is 9.33. The summed E-state index contributed by atoms with van der Waals surface area (Å²) in [5.41, 5.74) is 1.60. The fourth-order valence-electron chi connectivity index (χ4n) is 5.47. The van der Waals surface area contributed by atoms with E-state index in [1.165, 1.54) is 9.40 Å². The second kappa shape index (κ2) is 7.99. The number of thiophene rings is 2. The van der Waals surface area contributed by atoms with Gasteiger partial charge in [-0.1, -0.05) is 48.5 Å². The molecule has 8 rings (SSSR count). The summed E-state index contributed by atoms with van der Waals surface area (Å²) in [7, 11) is 0. The van der Waals surface area contributed by atoms with Crippen LogP contribution in [0.5, 0.6) is 0 Å². The van der Waals surface area contributed by atoms with Gasteiger partial charge in [0.15, 0.2) is 0 Å². The van der Waals surface area contributed by atoms with Gasteiger partial charge in [-0.2, -0.15) is 0 Å². The monoisotopic (exact) mass is 526 g/mol. The SMILES string of the molecule is O=c1c(=O)n(-c2ccc3sc4ccccc4c3c2)c2ccccc2n1-c1ccc2sc3ccccc3c2c1. The van der Waals surface area contributed by atoms with Crippen molar-refractivity contribution in [2.24, 2.45) is 0 Å². The van der Waals surface area contributed by atoms with Crippen molar-refractivity contribution in [3.05, 3.63) is 130 Å². The van der Waals surface area contributed by atoms with Crippen molar-refractivity contribution in [1.29, 1.82) is 0 Å². The highest BCUT2D eigenvalue weighted by Gasteiger charge is 2.17. The molecule has 0 aliphatic carbocycles. The van der Waals surface area contributed by atoms with Gasteiger partial charge in [0.05, 0.1) is 22.4 Å². The standard InChI is InChI=1S/C32H18N2O2S2/c35-31-32(36)34(20-14-16-30-24(18-20)22-8-2-6-12-28(22)38-30)26-10-4-3-9-25(26)33(31)19-13-15-29-23(17-19)21-7-1-5-11-27(21)37-29/h1-18H. The van der Waals surface area contributed by atoms with Crippen molar-refractivity contribution in [3.63, 3.8) is 0 Å². The summed E-state index contributed by atoms with van der Waals surface area (Å²) >= 11 is 3.45. The number of hydrogen-bond acceptors (Lipinski definition) is 4. The van der Waals surface area contributed by atoms with Crippen molar-refractivity contribution < 1.29 is 0 Å². The molecule has 0 atom stereocenters. The number of fused-ring (bicyclic) bond motifs is 7. The Morgan fingerprint density at radius 2 is 0.816 bits per heavy atom. The Morgan fingerprint density at radius 1 is 0.421 bits per heavy atom. The van der Waals surface area contributed by atoms with Gasteiger partial charge in [0.2, 0.25) is 0 Å².